The lowest BCUT2D eigenvalue weighted by Crippen LogP contribution is -2.16. The smallest absolute Gasteiger partial charge is 0.228 e. The molecule has 1 aromatic heterocycles. The van der Waals surface area contributed by atoms with Gasteiger partial charge in [-0.3, -0.25) is 4.79 Å². The van der Waals surface area contributed by atoms with E-state index in [2.05, 4.69) is 10.4 Å². The van der Waals surface area contributed by atoms with Gasteiger partial charge in [-0.05, 0) is 35.9 Å². The average Bonchev–Trinajstić information content (AvgIpc) is 3.09. The Bertz CT molecular complexity index is 830. The topological polar surface area (TPSA) is 56.1 Å². The summed E-state index contributed by atoms with van der Waals surface area (Å²) >= 11 is 6.27. The number of ether oxygens (including phenoxy) is 1. The van der Waals surface area contributed by atoms with Crippen molar-refractivity contribution >= 4 is 23.2 Å². The molecule has 0 bridgehead atoms. The highest BCUT2D eigenvalue weighted by molar-refractivity contribution is 6.33. The Hall–Kier alpha value is -2.79. The highest BCUT2D eigenvalue weighted by Crippen LogP contribution is 2.28. The van der Waals surface area contributed by atoms with Gasteiger partial charge in [0.15, 0.2) is 0 Å². The van der Waals surface area contributed by atoms with Gasteiger partial charge in [0.25, 0.3) is 0 Å². The number of hydrogen-bond acceptors (Lipinski definition) is 3. The van der Waals surface area contributed by atoms with Gasteiger partial charge in [0.05, 0.1) is 24.2 Å². The summed E-state index contributed by atoms with van der Waals surface area (Å²) < 4.78 is 6.75. The van der Waals surface area contributed by atoms with E-state index in [-0.39, 0.29) is 12.3 Å². The van der Waals surface area contributed by atoms with Crippen molar-refractivity contribution in [3.8, 4) is 11.4 Å². The highest BCUT2D eigenvalue weighted by atomic mass is 35.5. The number of rotatable bonds is 5. The van der Waals surface area contributed by atoms with Crippen LogP contribution in [0, 0.1) is 0 Å². The number of anilines is 1. The molecule has 1 N–H and O–H groups in total. The van der Waals surface area contributed by atoms with Crippen LogP contribution in [-0.4, -0.2) is 22.8 Å². The summed E-state index contributed by atoms with van der Waals surface area (Å²) in [7, 11) is 1.61. The van der Waals surface area contributed by atoms with Crippen LogP contribution in [0.3, 0.4) is 0 Å². The number of halogens is 1. The Morgan fingerprint density at radius 2 is 2.00 bits per heavy atom. The molecule has 0 spiro atoms. The van der Waals surface area contributed by atoms with Crippen molar-refractivity contribution in [3.05, 3.63) is 71.5 Å². The van der Waals surface area contributed by atoms with Gasteiger partial charge in [-0.2, -0.15) is 5.10 Å². The summed E-state index contributed by atoms with van der Waals surface area (Å²) in [4.78, 5) is 12.4. The molecule has 0 saturated heterocycles. The van der Waals surface area contributed by atoms with E-state index < -0.39 is 0 Å². The van der Waals surface area contributed by atoms with E-state index in [4.69, 9.17) is 16.3 Å². The van der Waals surface area contributed by atoms with Gasteiger partial charge in [-0.15, -0.1) is 0 Å². The van der Waals surface area contributed by atoms with Crippen molar-refractivity contribution in [3.63, 3.8) is 0 Å². The Morgan fingerprint density at radius 3 is 2.67 bits per heavy atom. The number of nitrogens with one attached hydrogen (secondary N) is 1. The molecule has 3 aromatic rings. The van der Waals surface area contributed by atoms with Gasteiger partial charge in [0.1, 0.15) is 11.4 Å². The zero-order valence-corrected chi connectivity index (χ0v) is 13.8. The predicted molar refractivity (Wildman–Crippen MR) is 93.9 cm³/mol. The molecule has 0 fully saturated rings. The number of aromatic nitrogens is 2. The third-order valence-corrected chi connectivity index (χ3v) is 3.82. The number of hydrogen-bond donors (Lipinski definition) is 1. The minimum absolute atomic E-state index is 0.129. The van der Waals surface area contributed by atoms with Gasteiger partial charge < -0.3 is 10.1 Å². The Balaban J connectivity index is 1.78. The maximum absolute atomic E-state index is 12.4. The second-order valence-electron chi connectivity index (χ2n) is 5.16. The van der Waals surface area contributed by atoms with Gasteiger partial charge in [-0.1, -0.05) is 29.8 Å². The van der Waals surface area contributed by atoms with E-state index in [0.717, 1.165) is 11.3 Å². The SMILES string of the molecule is COc1ccc(CC(=O)Nc2cccc(Cl)c2-n2cccn2)cc1. The van der Waals surface area contributed by atoms with Gasteiger partial charge in [0, 0.05) is 12.4 Å². The standard InChI is InChI=1S/C18H16ClN3O2/c1-24-14-8-6-13(7-9-14)12-17(23)21-16-5-2-4-15(19)18(16)22-11-3-10-20-22/h2-11H,12H2,1H3,(H,21,23). The molecule has 0 aliphatic heterocycles. The van der Waals surface area contributed by atoms with Crippen molar-refractivity contribution < 1.29 is 9.53 Å². The minimum atomic E-state index is -0.129. The zero-order valence-electron chi connectivity index (χ0n) is 13.1. The number of nitrogens with zero attached hydrogens (tertiary/aromatic N) is 2. The summed E-state index contributed by atoms with van der Waals surface area (Å²) in [5.74, 6) is 0.630. The third-order valence-electron chi connectivity index (χ3n) is 3.52. The Morgan fingerprint density at radius 1 is 1.21 bits per heavy atom. The van der Waals surface area contributed by atoms with Gasteiger partial charge in [0.2, 0.25) is 5.91 Å². The fraction of sp³-hybridized carbons (Fsp3) is 0.111. The Kier molecular flexibility index (Phi) is 4.82. The van der Waals surface area contributed by atoms with E-state index in [1.807, 2.05) is 24.3 Å². The first-order valence-electron chi connectivity index (χ1n) is 7.38. The first-order chi connectivity index (χ1) is 11.7. The van der Waals surface area contributed by atoms with E-state index in [9.17, 15) is 4.79 Å². The molecule has 1 heterocycles. The van der Waals surface area contributed by atoms with Crippen LogP contribution < -0.4 is 10.1 Å². The molecule has 5 nitrogen and oxygen atoms in total. The monoisotopic (exact) mass is 341 g/mol. The van der Waals surface area contributed by atoms with E-state index >= 15 is 0 Å². The molecule has 0 aliphatic rings. The molecular weight excluding hydrogens is 326 g/mol. The summed E-state index contributed by atoms with van der Waals surface area (Å²) in [5.41, 5.74) is 2.16. The minimum Gasteiger partial charge on any atom is -0.497 e. The van der Waals surface area contributed by atoms with E-state index in [0.29, 0.717) is 16.4 Å². The number of benzene rings is 2. The highest BCUT2D eigenvalue weighted by Gasteiger charge is 2.12. The summed E-state index contributed by atoms with van der Waals surface area (Å²) in [6.07, 6.45) is 3.70. The molecular formula is C18H16ClN3O2. The lowest BCUT2D eigenvalue weighted by molar-refractivity contribution is -0.115. The molecule has 1 amide bonds. The molecule has 0 unspecified atom stereocenters. The molecule has 0 aliphatic carbocycles. The van der Waals surface area contributed by atoms with Crippen molar-refractivity contribution in [1.29, 1.82) is 0 Å². The van der Waals surface area contributed by atoms with Crippen molar-refractivity contribution in [2.45, 2.75) is 6.42 Å². The van der Waals surface area contributed by atoms with Crippen LogP contribution in [0.25, 0.3) is 5.69 Å². The predicted octanol–water partition coefficient (Wildman–Crippen LogP) is 3.72. The van der Waals surface area contributed by atoms with Gasteiger partial charge in [-0.25, -0.2) is 4.68 Å². The van der Waals surface area contributed by atoms with Gasteiger partial charge >= 0.3 is 0 Å². The first kappa shape index (κ1) is 16.1. The maximum atomic E-state index is 12.4. The average molecular weight is 342 g/mol. The molecule has 2 aromatic carbocycles. The van der Waals surface area contributed by atoms with Crippen molar-refractivity contribution in [2.24, 2.45) is 0 Å². The molecule has 3 rings (SSSR count). The molecule has 0 radical (unpaired) electrons. The van der Waals surface area contributed by atoms with Crippen LogP contribution in [0.1, 0.15) is 5.56 Å². The third kappa shape index (κ3) is 3.58. The summed E-state index contributed by atoms with van der Waals surface area (Å²) in [5, 5.41) is 7.60. The molecule has 6 heteroatoms. The fourth-order valence-corrected chi connectivity index (χ4v) is 2.63. The second kappa shape index (κ2) is 7.19. The molecule has 0 atom stereocenters. The molecule has 0 saturated carbocycles. The van der Waals surface area contributed by atoms with Crippen LogP contribution in [0.15, 0.2) is 60.9 Å². The second-order valence-corrected chi connectivity index (χ2v) is 5.57. The van der Waals surface area contributed by atoms with Crippen LogP contribution >= 0.6 is 11.6 Å². The number of carbonyl (C=O) groups excluding carboxylic acids is 1. The van der Waals surface area contributed by atoms with Crippen LogP contribution in [0.5, 0.6) is 5.75 Å². The number of amides is 1. The number of para-hydroxylation sites is 1. The van der Waals surface area contributed by atoms with Crippen LogP contribution in [-0.2, 0) is 11.2 Å². The zero-order chi connectivity index (χ0) is 16.9. The first-order valence-corrected chi connectivity index (χ1v) is 7.76. The summed E-state index contributed by atoms with van der Waals surface area (Å²) in [6.45, 7) is 0. The fourth-order valence-electron chi connectivity index (χ4n) is 2.37. The quantitative estimate of drug-likeness (QED) is 0.769. The Labute approximate surface area is 144 Å². The van der Waals surface area contributed by atoms with E-state index in [1.165, 1.54) is 0 Å². The largest absolute Gasteiger partial charge is 0.497 e. The molecule has 24 heavy (non-hydrogen) atoms. The number of carbonyl (C=O) groups is 1. The lowest BCUT2D eigenvalue weighted by Gasteiger charge is -2.13. The summed E-state index contributed by atoms with van der Waals surface area (Å²) in [6, 6.07) is 14.5. The van der Waals surface area contributed by atoms with E-state index in [1.54, 1.807) is 48.5 Å². The maximum Gasteiger partial charge on any atom is 0.228 e. The molecule has 122 valence electrons. The lowest BCUT2D eigenvalue weighted by atomic mass is 10.1. The number of methoxy groups -OCH3 is 1. The normalized spacial score (nSPS) is 10.4. The van der Waals surface area contributed by atoms with Crippen LogP contribution in [0.4, 0.5) is 5.69 Å². The van der Waals surface area contributed by atoms with Crippen LogP contribution in [0.2, 0.25) is 5.02 Å². The van der Waals surface area contributed by atoms with Crippen molar-refractivity contribution in [1.82, 2.24) is 9.78 Å². The van der Waals surface area contributed by atoms with Crippen molar-refractivity contribution in [2.75, 3.05) is 12.4 Å².